The Labute approximate surface area is 123 Å². The molecule has 1 aliphatic rings. The molecular weight excluding hydrogens is 246 g/mol. The van der Waals surface area contributed by atoms with E-state index in [4.69, 9.17) is 5.73 Å². The SMILES string of the molecule is Cc1ccc(C)c(C(C)(O)C2(CN)CCCCCC2)c1. The zero-order chi connectivity index (χ0) is 14.8. The summed E-state index contributed by atoms with van der Waals surface area (Å²) in [7, 11) is 0. The fourth-order valence-corrected chi connectivity index (χ4v) is 3.84. The Kier molecular flexibility index (Phi) is 4.55. The summed E-state index contributed by atoms with van der Waals surface area (Å²) in [5, 5.41) is 11.4. The molecule has 0 aromatic heterocycles. The largest absolute Gasteiger partial charge is 0.385 e. The van der Waals surface area contributed by atoms with Crippen LogP contribution in [-0.2, 0) is 5.60 Å². The molecule has 112 valence electrons. The van der Waals surface area contributed by atoms with Gasteiger partial charge in [-0.05, 0) is 44.7 Å². The van der Waals surface area contributed by atoms with Gasteiger partial charge in [-0.15, -0.1) is 0 Å². The molecule has 1 unspecified atom stereocenters. The fourth-order valence-electron chi connectivity index (χ4n) is 3.84. The van der Waals surface area contributed by atoms with Crippen LogP contribution >= 0.6 is 0 Å². The highest BCUT2D eigenvalue weighted by Crippen LogP contribution is 2.49. The Hall–Kier alpha value is -0.860. The van der Waals surface area contributed by atoms with Gasteiger partial charge in [-0.25, -0.2) is 0 Å². The van der Waals surface area contributed by atoms with Gasteiger partial charge in [0.1, 0.15) is 0 Å². The third-order valence-electron chi connectivity index (χ3n) is 5.40. The summed E-state index contributed by atoms with van der Waals surface area (Å²) in [5.41, 5.74) is 8.56. The average Bonchev–Trinajstić information content (AvgIpc) is 2.68. The van der Waals surface area contributed by atoms with Crippen molar-refractivity contribution in [3.63, 3.8) is 0 Å². The van der Waals surface area contributed by atoms with E-state index in [1.54, 1.807) is 0 Å². The smallest absolute Gasteiger partial charge is 0.0939 e. The lowest BCUT2D eigenvalue weighted by Crippen LogP contribution is -2.48. The Balaban J connectivity index is 2.47. The highest BCUT2D eigenvalue weighted by atomic mass is 16.3. The van der Waals surface area contributed by atoms with E-state index in [0.717, 1.165) is 24.0 Å². The lowest BCUT2D eigenvalue weighted by atomic mass is 9.64. The highest BCUT2D eigenvalue weighted by Gasteiger charge is 2.47. The van der Waals surface area contributed by atoms with Gasteiger partial charge in [0.15, 0.2) is 0 Å². The normalized spacial score (nSPS) is 22.1. The lowest BCUT2D eigenvalue weighted by molar-refractivity contribution is -0.0818. The van der Waals surface area contributed by atoms with E-state index >= 15 is 0 Å². The minimum Gasteiger partial charge on any atom is -0.385 e. The lowest BCUT2D eigenvalue weighted by Gasteiger charge is -2.46. The third kappa shape index (κ3) is 2.64. The van der Waals surface area contributed by atoms with Crippen molar-refractivity contribution < 1.29 is 5.11 Å². The predicted molar refractivity (Wildman–Crippen MR) is 84.7 cm³/mol. The number of aryl methyl sites for hydroxylation is 2. The van der Waals surface area contributed by atoms with E-state index in [1.165, 1.54) is 31.2 Å². The molecule has 2 nitrogen and oxygen atoms in total. The van der Waals surface area contributed by atoms with Crippen LogP contribution in [0, 0.1) is 19.3 Å². The van der Waals surface area contributed by atoms with Gasteiger partial charge in [-0.3, -0.25) is 0 Å². The third-order valence-corrected chi connectivity index (χ3v) is 5.40. The standard InChI is InChI=1S/C18H29NO/c1-14-8-9-15(2)16(12-14)17(3,20)18(13-19)10-6-4-5-7-11-18/h8-9,12,20H,4-7,10-11,13,19H2,1-3H3. The molecule has 0 spiro atoms. The molecule has 1 aliphatic carbocycles. The van der Waals surface area contributed by atoms with Crippen LogP contribution in [0.15, 0.2) is 18.2 Å². The van der Waals surface area contributed by atoms with Crippen molar-refractivity contribution in [1.82, 2.24) is 0 Å². The van der Waals surface area contributed by atoms with Crippen LogP contribution in [0.25, 0.3) is 0 Å². The first-order chi connectivity index (χ1) is 9.43. The van der Waals surface area contributed by atoms with E-state index in [9.17, 15) is 5.11 Å². The van der Waals surface area contributed by atoms with Crippen molar-refractivity contribution >= 4 is 0 Å². The molecule has 1 fully saturated rings. The number of hydrogen-bond donors (Lipinski definition) is 2. The number of nitrogens with two attached hydrogens (primary N) is 1. The molecule has 2 heteroatoms. The van der Waals surface area contributed by atoms with Gasteiger partial charge in [-0.2, -0.15) is 0 Å². The summed E-state index contributed by atoms with van der Waals surface area (Å²) in [4.78, 5) is 0. The van der Waals surface area contributed by atoms with Crippen LogP contribution in [0.2, 0.25) is 0 Å². The highest BCUT2D eigenvalue weighted by molar-refractivity contribution is 5.36. The first-order valence-corrected chi connectivity index (χ1v) is 7.93. The summed E-state index contributed by atoms with van der Waals surface area (Å²) in [6.07, 6.45) is 6.96. The molecule has 1 atom stereocenters. The topological polar surface area (TPSA) is 46.2 Å². The van der Waals surface area contributed by atoms with Crippen LogP contribution < -0.4 is 5.73 Å². The van der Waals surface area contributed by atoms with Gasteiger partial charge in [0.05, 0.1) is 5.60 Å². The number of rotatable bonds is 3. The Morgan fingerprint density at radius 2 is 1.75 bits per heavy atom. The van der Waals surface area contributed by atoms with Gasteiger partial charge in [0.25, 0.3) is 0 Å². The van der Waals surface area contributed by atoms with Crippen LogP contribution in [0.1, 0.15) is 62.1 Å². The zero-order valence-corrected chi connectivity index (χ0v) is 13.2. The summed E-state index contributed by atoms with van der Waals surface area (Å²) >= 11 is 0. The van der Waals surface area contributed by atoms with Gasteiger partial charge in [0.2, 0.25) is 0 Å². The molecule has 1 aromatic carbocycles. The fraction of sp³-hybridized carbons (Fsp3) is 0.667. The van der Waals surface area contributed by atoms with E-state index in [1.807, 2.05) is 6.92 Å². The van der Waals surface area contributed by atoms with Gasteiger partial charge in [0, 0.05) is 12.0 Å². The van der Waals surface area contributed by atoms with E-state index in [2.05, 4.69) is 32.0 Å². The molecular formula is C18H29NO. The second kappa shape index (κ2) is 5.87. The second-order valence-electron chi connectivity index (χ2n) is 6.79. The maximum absolute atomic E-state index is 11.4. The molecule has 0 radical (unpaired) electrons. The van der Waals surface area contributed by atoms with Crippen LogP contribution in [0.5, 0.6) is 0 Å². The molecule has 0 aliphatic heterocycles. The molecule has 1 aromatic rings. The van der Waals surface area contributed by atoms with Crippen molar-refractivity contribution in [3.8, 4) is 0 Å². The summed E-state index contributed by atoms with van der Waals surface area (Å²) < 4.78 is 0. The van der Waals surface area contributed by atoms with Crippen molar-refractivity contribution in [1.29, 1.82) is 0 Å². The van der Waals surface area contributed by atoms with Gasteiger partial charge < -0.3 is 10.8 Å². The second-order valence-corrected chi connectivity index (χ2v) is 6.79. The molecule has 20 heavy (non-hydrogen) atoms. The van der Waals surface area contributed by atoms with Crippen LogP contribution in [0.4, 0.5) is 0 Å². The van der Waals surface area contributed by atoms with Crippen LogP contribution in [-0.4, -0.2) is 11.7 Å². The molecule has 0 heterocycles. The molecule has 1 saturated carbocycles. The molecule has 0 amide bonds. The minimum absolute atomic E-state index is 0.179. The maximum Gasteiger partial charge on any atom is 0.0939 e. The Bertz CT molecular complexity index is 456. The van der Waals surface area contributed by atoms with Gasteiger partial charge >= 0.3 is 0 Å². The number of hydrogen-bond acceptors (Lipinski definition) is 2. The zero-order valence-electron chi connectivity index (χ0n) is 13.2. The maximum atomic E-state index is 11.4. The summed E-state index contributed by atoms with van der Waals surface area (Å²) in [5.74, 6) is 0. The summed E-state index contributed by atoms with van der Waals surface area (Å²) in [6.45, 7) is 6.71. The molecule has 3 N–H and O–H groups in total. The average molecular weight is 275 g/mol. The van der Waals surface area contributed by atoms with Crippen molar-refractivity contribution in [3.05, 3.63) is 34.9 Å². The van der Waals surface area contributed by atoms with Crippen molar-refractivity contribution in [2.75, 3.05) is 6.54 Å². The Morgan fingerprint density at radius 1 is 1.15 bits per heavy atom. The first-order valence-electron chi connectivity index (χ1n) is 7.93. The van der Waals surface area contributed by atoms with E-state index in [0.29, 0.717) is 6.54 Å². The van der Waals surface area contributed by atoms with Crippen molar-refractivity contribution in [2.24, 2.45) is 11.1 Å². The minimum atomic E-state index is -0.845. The molecule has 0 saturated heterocycles. The Morgan fingerprint density at radius 3 is 2.30 bits per heavy atom. The van der Waals surface area contributed by atoms with Crippen molar-refractivity contribution in [2.45, 2.75) is 64.9 Å². The van der Waals surface area contributed by atoms with Crippen LogP contribution in [0.3, 0.4) is 0 Å². The number of benzene rings is 1. The molecule has 2 rings (SSSR count). The predicted octanol–water partition coefficient (Wildman–Crippen LogP) is 3.81. The van der Waals surface area contributed by atoms with E-state index in [-0.39, 0.29) is 5.41 Å². The van der Waals surface area contributed by atoms with Gasteiger partial charge in [-0.1, -0.05) is 49.4 Å². The quantitative estimate of drug-likeness (QED) is 0.824. The van der Waals surface area contributed by atoms with E-state index < -0.39 is 5.60 Å². The number of aliphatic hydroxyl groups is 1. The first kappa shape index (κ1) is 15.5. The summed E-state index contributed by atoms with van der Waals surface area (Å²) in [6, 6.07) is 6.36. The monoisotopic (exact) mass is 275 g/mol. The molecule has 0 bridgehead atoms.